The van der Waals surface area contributed by atoms with Crippen LogP contribution in [0.4, 0.5) is 10.1 Å². The minimum atomic E-state index is -0.563. The molecule has 0 saturated carbocycles. The summed E-state index contributed by atoms with van der Waals surface area (Å²) in [6.45, 7) is 0.349. The first-order valence-electron chi connectivity index (χ1n) is 6.13. The molecule has 21 heavy (non-hydrogen) atoms. The minimum absolute atomic E-state index is 0.0623. The van der Waals surface area contributed by atoms with Gasteiger partial charge in [0.2, 0.25) is 0 Å². The molecule has 0 aliphatic heterocycles. The van der Waals surface area contributed by atoms with Crippen LogP contribution in [0, 0.1) is 5.82 Å². The monoisotopic (exact) mass is 370 g/mol. The SMILES string of the molecule is CN(Cc1ccccc1Cl)C(=O)c1cc(N)c(F)cc1Br. The summed E-state index contributed by atoms with van der Waals surface area (Å²) in [4.78, 5) is 13.9. The highest BCUT2D eigenvalue weighted by Crippen LogP contribution is 2.25. The molecule has 0 radical (unpaired) electrons. The third-order valence-corrected chi connectivity index (χ3v) is 4.05. The zero-order valence-corrected chi connectivity index (χ0v) is 13.6. The van der Waals surface area contributed by atoms with E-state index in [4.69, 9.17) is 17.3 Å². The van der Waals surface area contributed by atoms with E-state index in [9.17, 15) is 9.18 Å². The van der Waals surface area contributed by atoms with Crippen molar-refractivity contribution in [1.82, 2.24) is 4.90 Å². The van der Waals surface area contributed by atoms with Crippen LogP contribution in [0.25, 0.3) is 0 Å². The molecule has 0 aliphatic carbocycles. The number of anilines is 1. The average Bonchev–Trinajstić information content (AvgIpc) is 2.44. The number of hydrogen-bond donors (Lipinski definition) is 1. The number of benzene rings is 2. The third kappa shape index (κ3) is 3.54. The Kier molecular flexibility index (Phi) is 4.85. The van der Waals surface area contributed by atoms with Gasteiger partial charge >= 0.3 is 0 Å². The van der Waals surface area contributed by atoms with Crippen LogP contribution < -0.4 is 5.73 Å². The predicted octanol–water partition coefficient (Wildman–Crippen LogP) is 4.10. The largest absolute Gasteiger partial charge is 0.396 e. The fourth-order valence-corrected chi connectivity index (χ4v) is 2.57. The maximum absolute atomic E-state index is 13.3. The van der Waals surface area contributed by atoms with Crippen molar-refractivity contribution in [3.8, 4) is 0 Å². The Bertz CT molecular complexity index is 693. The van der Waals surface area contributed by atoms with Gasteiger partial charge in [0.15, 0.2) is 0 Å². The van der Waals surface area contributed by atoms with Crippen molar-refractivity contribution in [2.24, 2.45) is 0 Å². The second-order valence-electron chi connectivity index (χ2n) is 4.61. The van der Waals surface area contributed by atoms with Crippen molar-refractivity contribution >= 4 is 39.1 Å². The van der Waals surface area contributed by atoms with Gasteiger partial charge in [-0.2, -0.15) is 0 Å². The van der Waals surface area contributed by atoms with E-state index in [1.54, 1.807) is 13.1 Å². The number of nitrogens with two attached hydrogens (primary N) is 1. The number of rotatable bonds is 3. The molecule has 0 spiro atoms. The first kappa shape index (κ1) is 15.8. The van der Waals surface area contributed by atoms with Crippen LogP contribution in [0.15, 0.2) is 40.9 Å². The molecule has 2 rings (SSSR count). The second kappa shape index (κ2) is 6.45. The number of carbonyl (C=O) groups excluding carboxylic acids is 1. The van der Waals surface area contributed by atoms with E-state index >= 15 is 0 Å². The van der Waals surface area contributed by atoms with Gasteiger partial charge in [0.05, 0.1) is 11.3 Å². The van der Waals surface area contributed by atoms with E-state index in [-0.39, 0.29) is 11.6 Å². The number of halogens is 3. The van der Waals surface area contributed by atoms with Crippen LogP contribution in [0.2, 0.25) is 5.02 Å². The van der Waals surface area contributed by atoms with Gasteiger partial charge in [-0.05, 0) is 39.7 Å². The van der Waals surface area contributed by atoms with Crippen LogP contribution >= 0.6 is 27.5 Å². The molecule has 0 unspecified atom stereocenters. The van der Waals surface area contributed by atoms with Crippen LogP contribution in [-0.2, 0) is 6.54 Å². The second-order valence-corrected chi connectivity index (χ2v) is 5.87. The topological polar surface area (TPSA) is 46.3 Å². The van der Waals surface area contributed by atoms with Gasteiger partial charge in [0.25, 0.3) is 5.91 Å². The molecule has 0 aliphatic rings. The van der Waals surface area contributed by atoms with E-state index in [0.29, 0.717) is 21.6 Å². The van der Waals surface area contributed by atoms with Gasteiger partial charge in [0.1, 0.15) is 5.82 Å². The summed E-state index contributed by atoms with van der Waals surface area (Å²) in [5.41, 5.74) is 6.60. The summed E-state index contributed by atoms with van der Waals surface area (Å²) in [6, 6.07) is 9.80. The Hall–Kier alpha value is -1.59. The number of carbonyl (C=O) groups is 1. The van der Waals surface area contributed by atoms with Crippen LogP contribution in [0.3, 0.4) is 0 Å². The molecule has 1 amide bonds. The summed E-state index contributed by atoms with van der Waals surface area (Å²) in [5, 5.41) is 0.592. The fourth-order valence-electron chi connectivity index (χ4n) is 1.89. The normalized spacial score (nSPS) is 10.5. The molecule has 2 aromatic rings. The van der Waals surface area contributed by atoms with E-state index in [0.717, 1.165) is 5.56 Å². The summed E-state index contributed by atoms with van der Waals surface area (Å²) < 4.78 is 13.7. The zero-order valence-electron chi connectivity index (χ0n) is 11.2. The van der Waals surface area contributed by atoms with Crippen molar-refractivity contribution in [3.05, 3.63) is 62.8 Å². The van der Waals surface area contributed by atoms with Gasteiger partial charge in [-0.15, -0.1) is 0 Å². The lowest BCUT2D eigenvalue weighted by Crippen LogP contribution is -2.26. The maximum Gasteiger partial charge on any atom is 0.255 e. The fraction of sp³-hybridized carbons (Fsp3) is 0.133. The van der Waals surface area contributed by atoms with Crippen molar-refractivity contribution < 1.29 is 9.18 Å². The van der Waals surface area contributed by atoms with Gasteiger partial charge in [-0.1, -0.05) is 29.8 Å². The first-order valence-corrected chi connectivity index (χ1v) is 7.30. The zero-order chi connectivity index (χ0) is 15.6. The smallest absolute Gasteiger partial charge is 0.255 e. The number of nitrogen functional groups attached to an aromatic ring is 1. The highest BCUT2D eigenvalue weighted by molar-refractivity contribution is 9.10. The summed E-state index contributed by atoms with van der Waals surface area (Å²) in [6.07, 6.45) is 0. The van der Waals surface area contributed by atoms with Crippen molar-refractivity contribution in [3.63, 3.8) is 0 Å². The Balaban J connectivity index is 2.24. The van der Waals surface area contributed by atoms with Gasteiger partial charge in [-0.25, -0.2) is 4.39 Å². The highest BCUT2D eigenvalue weighted by Gasteiger charge is 2.18. The molecule has 2 N–H and O–H groups in total. The molecule has 2 aromatic carbocycles. The number of hydrogen-bond acceptors (Lipinski definition) is 2. The first-order chi connectivity index (χ1) is 9.90. The Labute approximate surface area is 135 Å². The molecule has 0 bridgehead atoms. The number of amides is 1. The summed E-state index contributed by atoms with van der Waals surface area (Å²) in [5.74, 6) is -0.833. The molecule has 0 atom stereocenters. The lowest BCUT2D eigenvalue weighted by atomic mass is 10.1. The molecular formula is C15H13BrClFN2O. The summed E-state index contributed by atoms with van der Waals surface area (Å²) in [7, 11) is 1.65. The van der Waals surface area contributed by atoms with Crippen molar-refractivity contribution in [2.45, 2.75) is 6.54 Å². The predicted molar refractivity (Wildman–Crippen MR) is 85.8 cm³/mol. The minimum Gasteiger partial charge on any atom is -0.396 e. The lowest BCUT2D eigenvalue weighted by Gasteiger charge is -2.19. The Morgan fingerprint density at radius 2 is 2.05 bits per heavy atom. The van der Waals surface area contributed by atoms with Gasteiger partial charge in [0, 0.05) is 23.1 Å². The molecule has 110 valence electrons. The lowest BCUT2D eigenvalue weighted by molar-refractivity contribution is 0.0784. The Morgan fingerprint density at radius 3 is 2.71 bits per heavy atom. The molecule has 0 heterocycles. The van der Waals surface area contributed by atoms with E-state index in [1.165, 1.54) is 17.0 Å². The van der Waals surface area contributed by atoms with Crippen molar-refractivity contribution in [1.29, 1.82) is 0 Å². The molecule has 0 aromatic heterocycles. The molecular weight excluding hydrogens is 359 g/mol. The van der Waals surface area contributed by atoms with Crippen LogP contribution in [0.5, 0.6) is 0 Å². The Morgan fingerprint density at radius 1 is 1.38 bits per heavy atom. The van der Waals surface area contributed by atoms with E-state index in [2.05, 4.69) is 15.9 Å². The quantitative estimate of drug-likeness (QED) is 0.826. The molecule has 6 heteroatoms. The maximum atomic E-state index is 13.3. The van der Waals surface area contributed by atoms with Gasteiger partial charge in [-0.3, -0.25) is 4.79 Å². The summed E-state index contributed by atoms with van der Waals surface area (Å²) >= 11 is 9.26. The van der Waals surface area contributed by atoms with Gasteiger partial charge < -0.3 is 10.6 Å². The molecule has 0 saturated heterocycles. The van der Waals surface area contributed by atoms with Crippen LogP contribution in [0.1, 0.15) is 15.9 Å². The van der Waals surface area contributed by atoms with E-state index in [1.807, 2.05) is 18.2 Å². The third-order valence-electron chi connectivity index (χ3n) is 3.03. The van der Waals surface area contributed by atoms with E-state index < -0.39 is 5.82 Å². The average molecular weight is 372 g/mol. The number of nitrogens with zero attached hydrogens (tertiary/aromatic N) is 1. The molecule has 3 nitrogen and oxygen atoms in total. The van der Waals surface area contributed by atoms with Crippen LogP contribution in [-0.4, -0.2) is 17.9 Å². The van der Waals surface area contributed by atoms with Crippen molar-refractivity contribution in [2.75, 3.05) is 12.8 Å². The molecule has 0 fully saturated rings. The standard InChI is InChI=1S/C15H13BrClFN2O/c1-20(8-9-4-2-3-5-12(9)17)15(21)10-6-14(19)13(18)7-11(10)16/h2-7H,8,19H2,1H3. The highest BCUT2D eigenvalue weighted by atomic mass is 79.9.